The molecule has 0 spiro atoms. The standard InChI is InChI=1S/C7H14O3/c1-10-7-4-5(8)2-3-6(7)9/h5-9H,2-4H2,1H3. The van der Waals surface area contributed by atoms with Crippen LogP contribution in [0.5, 0.6) is 0 Å². The Labute approximate surface area is 60.6 Å². The number of hydrogen-bond acceptors (Lipinski definition) is 3. The molecular weight excluding hydrogens is 132 g/mol. The van der Waals surface area contributed by atoms with Crippen LogP contribution < -0.4 is 0 Å². The van der Waals surface area contributed by atoms with Gasteiger partial charge in [0, 0.05) is 13.5 Å². The minimum Gasteiger partial charge on any atom is -0.393 e. The molecule has 0 radical (unpaired) electrons. The molecule has 3 unspecified atom stereocenters. The van der Waals surface area contributed by atoms with E-state index < -0.39 is 0 Å². The van der Waals surface area contributed by atoms with Gasteiger partial charge < -0.3 is 14.9 Å². The van der Waals surface area contributed by atoms with E-state index in [1.807, 2.05) is 0 Å². The summed E-state index contributed by atoms with van der Waals surface area (Å²) < 4.78 is 4.96. The third kappa shape index (κ3) is 1.68. The molecule has 0 heterocycles. The molecule has 1 saturated carbocycles. The molecule has 3 atom stereocenters. The van der Waals surface area contributed by atoms with Crippen LogP contribution >= 0.6 is 0 Å². The summed E-state index contributed by atoms with van der Waals surface area (Å²) in [4.78, 5) is 0. The lowest BCUT2D eigenvalue weighted by Gasteiger charge is -2.29. The van der Waals surface area contributed by atoms with Crippen molar-refractivity contribution in [1.82, 2.24) is 0 Å². The summed E-state index contributed by atoms with van der Waals surface area (Å²) in [5.41, 5.74) is 0. The van der Waals surface area contributed by atoms with Crippen molar-refractivity contribution in [1.29, 1.82) is 0 Å². The van der Waals surface area contributed by atoms with Gasteiger partial charge in [0.05, 0.1) is 18.3 Å². The first kappa shape index (κ1) is 7.98. The summed E-state index contributed by atoms with van der Waals surface area (Å²) in [5, 5.41) is 18.4. The Morgan fingerprint density at radius 3 is 2.50 bits per heavy atom. The Morgan fingerprint density at radius 2 is 2.00 bits per heavy atom. The van der Waals surface area contributed by atoms with Gasteiger partial charge in [0.2, 0.25) is 0 Å². The lowest BCUT2D eigenvalue weighted by atomic mass is 9.92. The first-order valence-corrected chi connectivity index (χ1v) is 3.63. The lowest BCUT2D eigenvalue weighted by Crippen LogP contribution is -2.37. The van der Waals surface area contributed by atoms with E-state index in [1.165, 1.54) is 0 Å². The average Bonchev–Trinajstić information content (AvgIpc) is 1.94. The van der Waals surface area contributed by atoms with Crippen LogP contribution in [0.4, 0.5) is 0 Å². The fraction of sp³-hybridized carbons (Fsp3) is 1.00. The number of hydrogen-bond donors (Lipinski definition) is 2. The molecule has 0 bridgehead atoms. The molecule has 2 N–H and O–H groups in total. The topological polar surface area (TPSA) is 49.7 Å². The molecule has 3 nitrogen and oxygen atoms in total. The third-order valence-corrected chi connectivity index (χ3v) is 2.03. The van der Waals surface area contributed by atoms with Gasteiger partial charge in [-0.2, -0.15) is 0 Å². The second-order valence-electron chi connectivity index (χ2n) is 2.81. The molecule has 0 aromatic carbocycles. The summed E-state index contributed by atoms with van der Waals surface area (Å²) >= 11 is 0. The summed E-state index contributed by atoms with van der Waals surface area (Å²) in [7, 11) is 1.56. The SMILES string of the molecule is COC1CC(O)CCC1O. The van der Waals surface area contributed by atoms with Gasteiger partial charge in [0.1, 0.15) is 0 Å². The van der Waals surface area contributed by atoms with Crippen LogP contribution in [0.1, 0.15) is 19.3 Å². The van der Waals surface area contributed by atoms with Crippen molar-refractivity contribution < 1.29 is 14.9 Å². The average molecular weight is 146 g/mol. The molecule has 1 rings (SSSR count). The fourth-order valence-electron chi connectivity index (χ4n) is 1.35. The van der Waals surface area contributed by atoms with Crippen molar-refractivity contribution in [3.05, 3.63) is 0 Å². The highest BCUT2D eigenvalue weighted by Crippen LogP contribution is 2.20. The largest absolute Gasteiger partial charge is 0.393 e. The van der Waals surface area contributed by atoms with Gasteiger partial charge in [0.15, 0.2) is 0 Å². The van der Waals surface area contributed by atoms with Crippen molar-refractivity contribution in [2.75, 3.05) is 7.11 Å². The molecule has 60 valence electrons. The van der Waals surface area contributed by atoms with Gasteiger partial charge in [-0.15, -0.1) is 0 Å². The molecule has 1 aliphatic carbocycles. The minimum absolute atomic E-state index is 0.163. The smallest absolute Gasteiger partial charge is 0.0854 e. The Kier molecular flexibility index (Phi) is 2.65. The van der Waals surface area contributed by atoms with Crippen LogP contribution in [0.3, 0.4) is 0 Å². The maximum atomic E-state index is 9.25. The number of rotatable bonds is 1. The summed E-state index contributed by atoms with van der Waals surface area (Å²) in [6, 6.07) is 0. The van der Waals surface area contributed by atoms with E-state index in [0.29, 0.717) is 19.3 Å². The van der Waals surface area contributed by atoms with Gasteiger partial charge >= 0.3 is 0 Å². The Hall–Kier alpha value is -0.120. The van der Waals surface area contributed by atoms with Gasteiger partial charge in [-0.1, -0.05) is 0 Å². The zero-order valence-electron chi connectivity index (χ0n) is 6.16. The molecule has 0 amide bonds. The summed E-state index contributed by atoms with van der Waals surface area (Å²) in [6.45, 7) is 0. The second-order valence-corrected chi connectivity index (χ2v) is 2.81. The summed E-state index contributed by atoms with van der Waals surface area (Å²) in [5.74, 6) is 0. The van der Waals surface area contributed by atoms with Crippen LogP contribution in [-0.2, 0) is 4.74 Å². The van der Waals surface area contributed by atoms with Gasteiger partial charge in [-0.05, 0) is 12.8 Å². The molecule has 0 aromatic rings. The third-order valence-electron chi connectivity index (χ3n) is 2.03. The number of ether oxygens (including phenoxy) is 1. The molecule has 3 heteroatoms. The van der Waals surface area contributed by atoms with E-state index in [-0.39, 0.29) is 18.3 Å². The number of aliphatic hydroxyl groups excluding tert-OH is 2. The van der Waals surface area contributed by atoms with Crippen molar-refractivity contribution >= 4 is 0 Å². The minimum atomic E-state index is -0.381. The lowest BCUT2D eigenvalue weighted by molar-refractivity contribution is -0.0699. The van der Waals surface area contributed by atoms with Gasteiger partial charge in [-0.25, -0.2) is 0 Å². The monoisotopic (exact) mass is 146 g/mol. The van der Waals surface area contributed by atoms with Crippen molar-refractivity contribution in [2.24, 2.45) is 0 Å². The number of aliphatic hydroxyl groups is 2. The molecule has 0 saturated heterocycles. The molecule has 1 aliphatic rings. The zero-order chi connectivity index (χ0) is 7.56. The first-order valence-electron chi connectivity index (χ1n) is 3.63. The van der Waals surface area contributed by atoms with Crippen molar-refractivity contribution in [2.45, 2.75) is 37.6 Å². The van der Waals surface area contributed by atoms with Gasteiger partial charge in [-0.3, -0.25) is 0 Å². The number of methoxy groups -OCH3 is 1. The quantitative estimate of drug-likeness (QED) is 0.543. The van der Waals surface area contributed by atoms with Crippen LogP contribution in [0, 0.1) is 0 Å². The zero-order valence-corrected chi connectivity index (χ0v) is 6.16. The summed E-state index contributed by atoms with van der Waals surface area (Å²) in [6.07, 6.45) is 1.09. The van der Waals surface area contributed by atoms with Crippen LogP contribution in [0.2, 0.25) is 0 Å². The Morgan fingerprint density at radius 1 is 1.30 bits per heavy atom. The van der Waals surface area contributed by atoms with E-state index in [9.17, 15) is 5.11 Å². The highest BCUT2D eigenvalue weighted by atomic mass is 16.5. The normalized spacial score (nSPS) is 41.7. The van der Waals surface area contributed by atoms with Crippen LogP contribution in [0.15, 0.2) is 0 Å². The van der Waals surface area contributed by atoms with E-state index in [1.54, 1.807) is 7.11 Å². The molecule has 1 fully saturated rings. The van der Waals surface area contributed by atoms with E-state index in [0.717, 1.165) is 0 Å². The highest BCUT2D eigenvalue weighted by Gasteiger charge is 2.27. The van der Waals surface area contributed by atoms with Crippen LogP contribution in [-0.4, -0.2) is 35.6 Å². The van der Waals surface area contributed by atoms with E-state index >= 15 is 0 Å². The van der Waals surface area contributed by atoms with Crippen LogP contribution in [0.25, 0.3) is 0 Å². The predicted octanol–water partition coefficient (Wildman–Crippen LogP) is -0.0929. The predicted molar refractivity (Wildman–Crippen MR) is 36.7 cm³/mol. The fourth-order valence-corrected chi connectivity index (χ4v) is 1.35. The van der Waals surface area contributed by atoms with E-state index in [4.69, 9.17) is 9.84 Å². The van der Waals surface area contributed by atoms with Gasteiger partial charge in [0.25, 0.3) is 0 Å². The van der Waals surface area contributed by atoms with E-state index in [2.05, 4.69) is 0 Å². The molecule has 10 heavy (non-hydrogen) atoms. The van der Waals surface area contributed by atoms with Crippen molar-refractivity contribution in [3.8, 4) is 0 Å². The molecular formula is C7H14O3. The highest BCUT2D eigenvalue weighted by molar-refractivity contribution is 4.79. The maximum Gasteiger partial charge on any atom is 0.0854 e. The molecule has 0 aromatic heterocycles. The van der Waals surface area contributed by atoms with Crippen molar-refractivity contribution in [3.63, 3.8) is 0 Å². The maximum absolute atomic E-state index is 9.25. The molecule has 0 aliphatic heterocycles. The Bertz CT molecular complexity index is 105. The Balaban J connectivity index is 2.38. The first-order chi connectivity index (χ1) is 4.74. The second kappa shape index (κ2) is 3.32.